The van der Waals surface area contributed by atoms with Crippen molar-refractivity contribution in [1.82, 2.24) is 5.43 Å². The minimum Gasteiger partial charge on any atom is -0.485 e. The Balaban J connectivity index is 1.62. The number of amides is 1. The van der Waals surface area contributed by atoms with Crippen molar-refractivity contribution in [3.05, 3.63) is 101 Å². The molecule has 1 aliphatic heterocycles. The third-order valence-corrected chi connectivity index (χ3v) is 4.94. The maximum atomic E-state index is 12.6. The summed E-state index contributed by atoms with van der Waals surface area (Å²) in [5.41, 5.74) is 8.25. The predicted molar refractivity (Wildman–Crippen MR) is 111 cm³/mol. The number of benzene rings is 3. The standard InChI is InChI=1S/C24H22N2O2/c1-16-12-13-19(17(2)14-16)24(27)26-25-21-15-23(18-8-4-3-5-9-18)28-22-11-7-6-10-20(21)22/h3-14,23H,15H2,1-2H3,(H,26,27). The molecule has 140 valence electrons. The first-order chi connectivity index (χ1) is 13.6. The van der Waals surface area contributed by atoms with Crippen LogP contribution < -0.4 is 10.2 Å². The van der Waals surface area contributed by atoms with E-state index in [1.54, 1.807) is 0 Å². The van der Waals surface area contributed by atoms with Crippen molar-refractivity contribution in [2.75, 3.05) is 0 Å². The number of hydrogen-bond donors (Lipinski definition) is 1. The zero-order chi connectivity index (χ0) is 19.5. The predicted octanol–water partition coefficient (Wildman–Crippen LogP) is 4.96. The molecule has 0 fully saturated rings. The first kappa shape index (κ1) is 18.0. The van der Waals surface area contributed by atoms with Crippen molar-refractivity contribution in [3.63, 3.8) is 0 Å². The second-order valence-electron chi connectivity index (χ2n) is 7.04. The average molecular weight is 370 g/mol. The topological polar surface area (TPSA) is 50.7 Å². The normalized spacial score (nSPS) is 16.9. The Labute approximate surface area is 164 Å². The van der Waals surface area contributed by atoms with Gasteiger partial charge in [-0.05, 0) is 43.2 Å². The molecular formula is C24H22N2O2. The molecule has 0 aromatic heterocycles. The molecule has 3 aromatic carbocycles. The van der Waals surface area contributed by atoms with E-state index in [0.29, 0.717) is 12.0 Å². The molecule has 0 saturated carbocycles. The Morgan fingerprint density at radius 3 is 2.54 bits per heavy atom. The highest BCUT2D eigenvalue weighted by molar-refractivity contribution is 6.05. The quantitative estimate of drug-likeness (QED) is 0.663. The Morgan fingerprint density at radius 1 is 1.00 bits per heavy atom. The zero-order valence-corrected chi connectivity index (χ0v) is 16.0. The fraction of sp³-hybridized carbons (Fsp3) is 0.167. The average Bonchev–Trinajstić information content (AvgIpc) is 2.72. The monoisotopic (exact) mass is 370 g/mol. The lowest BCUT2D eigenvalue weighted by molar-refractivity contribution is 0.0953. The van der Waals surface area contributed by atoms with Gasteiger partial charge in [-0.1, -0.05) is 60.2 Å². The molecule has 0 bridgehead atoms. The highest BCUT2D eigenvalue weighted by Gasteiger charge is 2.26. The molecule has 0 aliphatic carbocycles. The summed E-state index contributed by atoms with van der Waals surface area (Å²) in [5, 5.41) is 4.48. The summed E-state index contributed by atoms with van der Waals surface area (Å²) >= 11 is 0. The molecule has 3 aromatic rings. The highest BCUT2D eigenvalue weighted by atomic mass is 16.5. The van der Waals surface area contributed by atoms with Crippen molar-refractivity contribution in [2.45, 2.75) is 26.4 Å². The van der Waals surface area contributed by atoms with Gasteiger partial charge in [0.1, 0.15) is 11.9 Å². The van der Waals surface area contributed by atoms with Gasteiger partial charge in [0, 0.05) is 17.5 Å². The molecule has 0 spiro atoms. The van der Waals surface area contributed by atoms with Gasteiger partial charge in [0.25, 0.3) is 5.91 Å². The molecule has 1 aliphatic rings. The number of carbonyl (C=O) groups is 1. The maximum Gasteiger partial charge on any atom is 0.271 e. The van der Waals surface area contributed by atoms with E-state index in [1.165, 1.54) is 0 Å². The number of ether oxygens (including phenoxy) is 1. The number of aryl methyl sites for hydroxylation is 2. The van der Waals surface area contributed by atoms with Crippen LogP contribution in [0.3, 0.4) is 0 Å². The summed E-state index contributed by atoms with van der Waals surface area (Å²) in [6, 6.07) is 23.6. The summed E-state index contributed by atoms with van der Waals surface area (Å²) in [6.45, 7) is 3.95. The molecule has 1 heterocycles. The van der Waals surface area contributed by atoms with Gasteiger partial charge in [-0.15, -0.1) is 0 Å². The van der Waals surface area contributed by atoms with Crippen LogP contribution in [0, 0.1) is 13.8 Å². The Hall–Kier alpha value is -3.40. The molecule has 4 nitrogen and oxygen atoms in total. The van der Waals surface area contributed by atoms with E-state index >= 15 is 0 Å². The van der Waals surface area contributed by atoms with Gasteiger partial charge in [-0.2, -0.15) is 5.10 Å². The van der Waals surface area contributed by atoms with Crippen LogP contribution >= 0.6 is 0 Å². The SMILES string of the molecule is Cc1ccc(C(=O)NN=C2CC(c3ccccc3)Oc3ccccc32)c(C)c1. The van der Waals surface area contributed by atoms with Crippen LogP contribution in [0.15, 0.2) is 77.9 Å². The molecule has 1 unspecified atom stereocenters. The van der Waals surface area contributed by atoms with Gasteiger partial charge >= 0.3 is 0 Å². The molecule has 4 rings (SSSR count). The molecule has 1 atom stereocenters. The van der Waals surface area contributed by atoms with Gasteiger partial charge in [0.05, 0.1) is 5.71 Å². The van der Waals surface area contributed by atoms with E-state index in [9.17, 15) is 4.79 Å². The first-order valence-electron chi connectivity index (χ1n) is 9.37. The van der Waals surface area contributed by atoms with Crippen molar-refractivity contribution < 1.29 is 9.53 Å². The fourth-order valence-electron chi connectivity index (χ4n) is 3.49. The molecule has 1 N–H and O–H groups in total. The van der Waals surface area contributed by atoms with Gasteiger partial charge in [0.2, 0.25) is 0 Å². The Kier molecular flexibility index (Phi) is 4.94. The Morgan fingerprint density at radius 2 is 1.75 bits per heavy atom. The largest absolute Gasteiger partial charge is 0.485 e. The maximum absolute atomic E-state index is 12.6. The summed E-state index contributed by atoms with van der Waals surface area (Å²) in [5.74, 6) is 0.576. The highest BCUT2D eigenvalue weighted by Crippen LogP contribution is 2.34. The van der Waals surface area contributed by atoms with Gasteiger partial charge in [0.15, 0.2) is 0 Å². The van der Waals surface area contributed by atoms with Crippen LogP contribution in [0.2, 0.25) is 0 Å². The van der Waals surface area contributed by atoms with E-state index in [1.807, 2.05) is 86.6 Å². The van der Waals surface area contributed by atoms with E-state index < -0.39 is 0 Å². The van der Waals surface area contributed by atoms with E-state index in [2.05, 4.69) is 10.5 Å². The molecular weight excluding hydrogens is 348 g/mol. The minimum absolute atomic E-state index is 0.132. The van der Waals surface area contributed by atoms with Crippen LogP contribution in [-0.2, 0) is 0 Å². The number of carbonyl (C=O) groups excluding carboxylic acids is 1. The number of para-hydroxylation sites is 1. The Bertz CT molecular complexity index is 1040. The third-order valence-electron chi connectivity index (χ3n) is 4.94. The van der Waals surface area contributed by atoms with E-state index in [-0.39, 0.29) is 12.0 Å². The second kappa shape index (κ2) is 7.69. The second-order valence-corrected chi connectivity index (χ2v) is 7.04. The molecule has 0 saturated heterocycles. The minimum atomic E-state index is -0.203. The van der Waals surface area contributed by atoms with Gasteiger partial charge in [-0.25, -0.2) is 5.43 Å². The number of hydrogen-bond acceptors (Lipinski definition) is 3. The first-order valence-corrected chi connectivity index (χ1v) is 9.37. The van der Waals surface area contributed by atoms with Crippen LogP contribution in [-0.4, -0.2) is 11.6 Å². The van der Waals surface area contributed by atoms with Gasteiger partial charge < -0.3 is 4.74 Å². The summed E-state index contributed by atoms with van der Waals surface area (Å²) < 4.78 is 6.18. The third kappa shape index (κ3) is 3.67. The molecule has 0 radical (unpaired) electrons. The van der Waals surface area contributed by atoms with Crippen LogP contribution in [0.25, 0.3) is 0 Å². The molecule has 4 heteroatoms. The summed E-state index contributed by atoms with van der Waals surface area (Å²) in [6.07, 6.45) is 0.460. The van der Waals surface area contributed by atoms with E-state index in [4.69, 9.17) is 4.74 Å². The summed E-state index contributed by atoms with van der Waals surface area (Å²) in [4.78, 5) is 12.6. The van der Waals surface area contributed by atoms with Crippen LogP contribution in [0.1, 0.15) is 45.1 Å². The molecule has 1 amide bonds. The van der Waals surface area contributed by atoms with E-state index in [0.717, 1.165) is 33.7 Å². The van der Waals surface area contributed by atoms with Crippen molar-refractivity contribution in [2.24, 2.45) is 5.10 Å². The lowest BCUT2D eigenvalue weighted by Crippen LogP contribution is -2.25. The van der Waals surface area contributed by atoms with Crippen molar-refractivity contribution in [1.29, 1.82) is 0 Å². The number of nitrogens with zero attached hydrogens (tertiary/aromatic N) is 1. The zero-order valence-electron chi connectivity index (χ0n) is 16.0. The van der Waals surface area contributed by atoms with Crippen molar-refractivity contribution in [3.8, 4) is 5.75 Å². The fourth-order valence-corrected chi connectivity index (χ4v) is 3.49. The number of nitrogens with one attached hydrogen (secondary N) is 1. The lowest BCUT2D eigenvalue weighted by Gasteiger charge is -2.27. The number of rotatable bonds is 3. The molecule has 28 heavy (non-hydrogen) atoms. The van der Waals surface area contributed by atoms with Gasteiger partial charge in [-0.3, -0.25) is 4.79 Å². The number of hydrazone groups is 1. The smallest absolute Gasteiger partial charge is 0.271 e. The van der Waals surface area contributed by atoms with Crippen LogP contribution in [0.5, 0.6) is 5.75 Å². The number of fused-ring (bicyclic) bond motifs is 1. The van der Waals surface area contributed by atoms with Crippen molar-refractivity contribution >= 4 is 11.6 Å². The summed E-state index contributed by atoms with van der Waals surface area (Å²) in [7, 11) is 0. The van der Waals surface area contributed by atoms with Crippen LogP contribution in [0.4, 0.5) is 0 Å². The lowest BCUT2D eigenvalue weighted by atomic mass is 9.96.